The minimum Gasteiger partial charge on any atom is -0.392 e. The Labute approximate surface area is 176 Å². The number of hydrogen-bond acceptors (Lipinski definition) is 4. The number of rotatable bonds is 5. The second-order valence-electron chi connectivity index (χ2n) is 7.26. The number of aromatic nitrogens is 4. The topological polar surface area (TPSA) is 67.4 Å². The van der Waals surface area contributed by atoms with Gasteiger partial charge < -0.3 is 14.8 Å². The van der Waals surface area contributed by atoms with Gasteiger partial charge in [0.25, 0.3) is 0 Å². The molecule has 0 atom stereocenters. The summed E-state index contributed by atoms with van der Waals surface area (Å²) in [6.07, 6.45) is 5.55. The number of nitrogens with one attached hydrogen (secondary N) is 1. The molecule has 0 saturated heterocycles. The zero-order chi connectivity index (χ0) is 19.8. The third-order valence-electron chi connectivity index (χ3n) is 5.36. The van der Waals surface area contributed by atoms with Crippen molar-refractivity contribution in [3.05, 3.63) is 76.5 Å². The molecule has 1 aromatic carbocycles. The van der Waals surface area contributed by atoms with Crippen LogP contribution in [0.3, 0.4) is 0 Å². The largest absolute Gasteiger partial charge is 0.392 e. The minimum atomic E-state index is -0.0247. The fraction of sp³-hybridized carbons (Fsp3) is 0.273. The second kappa shape index (κ2) is 8.27. The van der Waals surface area contributed by atoms with Crippen LogP contribution in [0, 0.1) is 27.7 Å². The number of hydrogen-bond donors (Lipinski definition) is 2. The number of halogens is 1. The monoisotopic (exact) mass is 411 g/mol. The zero-order valence-corrected chi connectivity index (χ0v) is 17.9. The maximum atomic E-state index is 9.35. The molecule has 0 fully saturated rings. The molecule has 4 aromatic rings. The fourth-order valence-electron chi connectivity index (χ4n) is 3.51. The van der Waals surface area contributed by atoms with Crippen LogP contribution in [-0.2, 0) is 13.2 Å². The lowest BCUT2D eigenvalue weighted by Crippen LogP contribution is -2.07. The van der Waals surface area contributed by atoms with Gasteiger partial charge in [-0.25, -0.2) is 9.67 Å². The van der Waals surface area contributed by atoms with Gasteiger partial charge in [0.15, 0.2) is 5.65 Å². The molecule has 2 N–H and O–H groups in total. The molecule has 7 heteroatoms. The highest BCUT2D eigenvalue weighted by Crippen LogP contribution is 2.25. The summed E-state index contributed by atoms with van der Waals surface area (Å²) in [6.45, 7) is 9.07. The summed E-state index contributed by atoms with van der Waals surface area (Å²) in [7, 11) is 0. The molecule has 3 heterocycles. The zero-order valence-electron chi connectivity index (χ0n) is 17.1. The van der Waals surface area contributed by atoms with Crippen molar-refractivity contribution in [1.82, 2.24) is 19.2 Å². The molecule has 0 saturated carbocycles. The van der Waals surface area contributed by atoms with E-state index in [2.05, 4.69) is 59.9 Å². The minimum absolute atomic E-state index is 0. The van der Waals surface area contributed by atoms with Gasteiger partial charge in [0.2, 0.25) is 0 Å². The molecular formula is C22H26ClN5O. The van der Waals surface area contributed by atoms with E-state index in [1.54, 1.807) is 10.9 Å². The van der Waals surface area contributed by atoms with E-state index in [1.165, 1.54) is 16.7 Å². The first-order valence-corrected chi connectivity index (χ1v) is 9.41. The highest BCUT2D eigenvalue weighted by atomic mass is 35.5. The Morgan fingerprint density at radius 1 is 1.07 bits per heavy atom. The quantitative estimate of drug-likeness (QED) is 0.514. The van der Waals surface area contributed by atoms with Gasteiger partial charge in [-0.15, -0.1) is 12.4 Å². The lowest BCUT2D eigenvalue weighted by molar-refractivity contribution is 0.282. The molecule has 0 aliphatic carbocycles. The molecule has 4 rings (SSSR count). The predicted octanol–water partition coefficient (Wildman–Crippen LogP) is 4.28. The highest BCUT2D eigenvalue weighted by Gasteiger charge is 2.13. The third kappa shape index (κ3) is 3.86. The molecule has 0 aliphatic rings. The van der Waals surface area contributed by atoms with Gasteiger partial charge in [-0.3, -0.25) is 0 Å². The van der Waals surface area contributed by atoms with Crippen LogP contribution in [0.4, 0.5) is 5.69 Å². The van der Waals surface area contributed by atoms with Crippen molar-refractivity contribution in [1.29, 1.82) is 0 Å². The van der Waals surface area contributed by atoms with Crippen molar-refractivity contribution in [2.75, 3.05) is 5.32 Å². The van der Waals surface area contributed by atoms with E-state index in [9.17, 15) is 5.11 Å². The summed E-state index contributed by atoms with van der Waals surface area (Å²) in [5.74, 6) is 0. The summed E-state index contributed by atoms with van der Waals surface area (Å²) in [5.41, 5.74) is 9.50. The van der Waals surface area contributed by atoms with Crippen LogP contribution in [0.15, 0.2) is 42.9 Å². The molecule has 0 aliphatic heterocycles. The molecule has 29 heavy (non-hydrogen) atoms. The summed E-state index contributed by atoms with van der Waals surface area (Å²) in [4.78, 5) is 4.76. The van der Waals surface area contributed by atoms with Crippen molar-refractivity contribution in [2.24, 2.45) is 0 Å². The number of aryl methyl sites for hydroxylation is 4. The first kappa shape index (κ1) is 20.9. The van der Waals surface area contributed by atoms with Gasteiger partial charge in [0.05, 0.1) is 29.9 Å². The molecule has 152 valence electrons. The molecule has 0 unspecified atom stereocenters. The van der Waals surface area contributed by atoms with Crippen LogP contribution < -0.4 is 5.32 Å². The maximum absolute atomic E-state index is 9.35. The number of aliphatic hydroxyl groups is 1. The van der Waals surface area contributed by atoms with E-state index in [-0.39, 0.29) is 19.0 Å². The first-order chi connectivity index (χ1) is 13.5. The van der Waals surface area contributed by atoms with E-state index < -0.39 is 0 Å². The van der Waals surface area contributed by atoms with Crippen LogP contribution in [0.5, 0.6) is 0 Å². The molecular weight excluding hydrogens is 386 g/mol. The Morgan fingerprint density at radius 3 is 2.45 bits per heavy atom. The van der Waals surface area contributed by atoms with Crippen LogP contribution in [0.25, 0.3) is 11.3 Å². The average Bonchev–Trinajstić information content (AvgIpc) is 3.27. The van der Waals surface area contributed by atoms with Crippen LogP contribution in [0.1, 0.15) is 33.6 Å². The van der Waals surface area contributed by atoms with Crippen LogP contribution in [0.2, 0.25) is 0 Å². The molecule has 0 radical (unpaired) electrons. The Balaban J connectivity index is 0.00000240. The van der Waals surface area contributed by atoms with Crippen LogP contribution >= 0.6 is 12.4 Å². The number of imidazole rings is 1. The number of benzene rings is 1. The Hall–Kier alpha value is -2.83. The van der Waals surface area contributed by atoms with Crippen molar-refractivity contribution < 1.29 is 5.11 Å². The van der Waals surface area contributed by atoms with E-state index in [4.69, 9.17) is 4.98 Å². The van der Waals surface area contributed by atoms with Gasteiger partial charge in [-0.2, -0.15) is 5.10 Å². The normalized spacial score (nSPS) is 10.9. The highest BCUT2D eigenvalue weighted by molar-refractivity contribution is 5.85. The lowest BCUT2D eigenvalue weighted by atomic mass is 10.0. The Kier molecular flexibility index (Phi) is 5.96. The molecule has 0 amide bonds. The van der Waals surface area contributed by atoms with Gasteiger partial charge in [-0.05, 0) is 50.5 Å². The van der Waals surface area contributed by atoms with E-state index in [1.807, 2.05) is 19.3 Å². The Bertz CT molecular complexity index is 1140. The van der Waals surface area contributed by atoms with Gasteiger partial charge >= 0.3 is 0 Å². The van der Waals surface area contributed by atoms with Crippen molar-refractivity contribution in [2.45, 2.75) is 40.8 Å². The predicted molar refractivity (Wildman–Crippen MR) is 118 cm³/mol. The molecule has 0 bridgehead atoms. The van der Waals surface area contributed by atoms with E-state index in [0.717, 1.165) is 40.5 Å². The maximum Gasteiger partial charge on any atom is 0.160 e. The first-order valence-electron chi connectivity index (χ1n) is 9.41. The fourth-order valence-corrected chi connectivity index (χ4v) is 3.51. The third-order valence-corrected chi connectivity index (χ3v) is 5.36. The van der Waals surface area contributed by atoms with Crippen LogP contribution in [-0.4, -0.2) is 24.3 Å². The number of anilines is 1. The smallest absolute Gasteiger partial charge is 0.160 e. The number of nitrogens with zero attached hydrogens (tertiary/aromatic N) is 4. The lowest BCUT2D eigenvalue weighted by Gasteiger charge is -2.14. The summed E-state index contributed by atoms with van der Waals surface area (Å²) in [6, 6.07) is 8.42. The summed E-state index contributed by atoms with van der Waals surface area (Å²) < 4.78 is 3.88. The summed E-state index contributed by atoms with van der Waals surface area (Å²) in [5, 5.41) is 17.3. The van der Waals surface area contributed by atoms with Crippen molar-refractivity contribution in [3.8, 4) is 5.69 Å². The number of pyridine rings is 1. The molecule has 0 spiro atoms. The van der Waals surface area contributed by atoms with Gasteiger partial charge in [-0.1, -0.05) is 18.2 Å². The van der Waals surface area contributed by atoms with Gasteiger partial charge in [0, 0.05) is 30.2 Å². The standard InChI is InChI=1S/C22H25N5O.ClH/c1-14-6-5-7-15(2)20(14)10-23-21-8-19(27-11-18(13-28)9-24-27)12-26-17(4)16(3)25-22(21)26;/h5-9,11-12,23,28H,10,13H2,1-4H3;1H. The number of aliphatic hydroxyl groups excluding tert-OH is 1. The van der Waals surface area contributed by atoms with Crippen molar-refractivity contribution in [3.63, 3.8) is 0 Å². The van der Waals surface area contributed by atoms with E-state index in [0.29, 0.717) is 0 Å². The SMILES string of the molecule is Cc1cccc(C)c1CNc1cc(-n2cc(CO)cn2)cn2c(C)c(C)nc12.Cl. The van der Waals surface area contributed by atoms with Crippen molar-refractivity contribution >= 4 is 23.7 Å². The van der Waals surface area contributed by atoms with E-state index >= 15 is 0 Å². The number of fused-ring (bicyclic) bond motifs is 1. The average molecular weight is 412 g/mol. The molecule has 6 nitrogen and oxygen atoms in total. The second-order valence-corrected chi connectivity index (χ2v) is 7.26. The Morgan fingerprint density at radius 2 is 1.79 bits per heavy atom. The van der Waals surface area contributed by atoms with Gasteiger partial charge in [0.1, 0.15) is 0 Å². The summed E-state index contributed by atoms with van der Waals surface area (Å²) >= 11 is 0. The molecule has 3 aromatic heterocycles.